The number of halogens is 3. The van der Waals surface area contributed by atoms with Crippen molar-refractivity contribution >= 4 is 5.82 Å². The Morgan fingerprint density at radius 2 is 2.00 bits per heavy atom. The molecule has 2 heterocycles. The van der Waals surface area contributed by atoms with Crippen LogP contribution in [-0.4, -0.2) is 35.6 Å². The lowest BCUT2D eigenvalue weighted by atomic mass is 10.3. The van der Waals surface area contributed by atoms with Crippen LogP contribution in [0, 0.1) is 0 Å². The lowest BCUT2D eigenvalue weighted by Crippen LogP contribution is -2.35. The van der Waals surface area contributed by atoms with E-state index in [0.29, 0.717) is 12.6 Å². The summed E-state index contributed by atoms with van der Waals surface area (Å²) in [7, 11) is 0. The molecule has 1 aliphatic rings. The van der Waals surface area contributed by atoms with Gasteiger partial charge in [-0.15, -0.1) is 0 Å². The number of likely N-dealkylation sites (tertiary alicyclic amines) is 1. The van der Waals surface area contributed by atoms with Crippen molar-refractivity contribution < 1.29 is 13.2 Å². The predicted molar refractivity (Wildman–Crippen MR) is 68.0 cm³/mol. The van der Waals surface area contributed by atoms with E-state index in [9.17, 15) is 13.2 Å². The monoisotopic (exact) mass is 273 g/mol. The molecule has 19 heavy (non-hydrogen) atoms. The van der Waals surface area contributed by atoms with E-state index < -0.39 is 11.9 Å². The number of hydrogen-bond acceptors (Lipinski definition) is 3. The topological polar surface area (TPSA) is 28.2 Å². The van der Waals surface area contributed by atoms with Crippen molar-refractivity contribution in [1.29, 1.82) is 0 Å². The van der Waals surface area contributed by atoms with Crippen molar-refractivity contribution in [3.8, 4) is 0 Å². The van der Waals surface area contributed by atoms with E-state index >= 15 is 0 Å². The van der Waals surface area contributed by atoms with Crippen molar-refractivity contribution in [1.82, 2.24) is 9.88 Å². The Hall–Kier alpha value is -1.30. The van der Waals surface area contributed by atoms with Gasteiger partial charge in [-0.2, -0.15) is 13.2 Å². The minimum Gasteiger partial charge on any atom is -0.368 e. The van der Waals surface area contributed by atoms with Crippen molar-refractivity contribution in [2.24, 2.45) is 0 Å². The van der Waals surface area contributed by atoms with Crippen molar-refractivity contribution in [3.63, 3.8) is 0 Å². The average molecular weight is 273 g/mol. The summed E-state index contributed by atoms with van der Waals surface area (Å²) in [6.07, 6.45) is -1.99. The lowest BCUT2D eigenvalue weighted by molar-refractivity contribution is -0.141. The Kier molecular flexibility index (Phi) is 4.29. The van der Waals surface area contributed by atoms with Crippen LogP contribution >= 0.6 is 0 Å². The van der Waals surface area contributed by atoms with Crippen molar-refractivity contribution in [2.75, 3.05) is 25.0 Å². The summed E-state index contributed by atoms with van der Waals surface area (Å²) >= 11 is 0. The normalized spacial score (nSPS) is 18.5. The maximum Gasteiger partial charge on any atom is 0.433 e. The molecule has 2 rings (SSSR count). The molecule has 1 fully saturated rings. The van der Waals surface area contributed by atoms with Gasteiger partial charge in [0.2, 0.25) is 0 Å². The number of alkyl halides is 3. The number of anilines is 1. The SMILES string of the molecule is CC(CNc1cccc(C(F)(F)F)n1)N1CCCC1. The molecule has 3 nitrogen and oxygen atoms in total. The van der Waals surface area contributed by atoms with Crippen LogP contribution in [0.25, 0.3) is 0 Å². The third-order valence-corrected chi connectivity index (χ3v) is 3.38. The van der Waals surface area contributed by atoms with Gasteiger partial charge in [0.15, 0.2) is 0 Å². The van der Waals surface area contributed by atoms with Crippen LogP contribution in [0.5, 0.6) is 0 Å². The molecule has 106 valence electrons. The van der Waals surface area contributed by atoms with Gasteiger partial charge >= 0.3 is 6.18 Å². The zero-order valence-electron chi connectivity index (χ0n) is 10.9. The zero-order chi connectivity index (χ0) is 13.9. The van der Waals surface area contributed by atoms with Crippen LogP contribution in [0.15, 0.2) is 18.2 Å². The molecule has 1 saturated heterocycles. The Labute approximate surface area is 110 Å². The molecular weight excluding hydrogens is 255 g/mol. The van der Waals surface area contributed by atoms with Gasteiger partial charge in [0.05, 0.1) is 0 Å². The third kappa shape index (κ3) is 3.83. The van der Waals surface area contributed by atoms with Gasteiger partial charge in [-0.3, -0.25) is 4.90 Å². The van der Waals surface area contributed by atoms with Crippen LogP contribution in [0.4, 0.5) is 19.0 Å². The van der Waals surface area contributed by atoms with Crippen LogP contribution in [0.1, 0.15) is 25.5 Å². The molecule has 0 amide bonds. The fraction of sp³-hybridized carbons (Fsp3) is 0.615. The first-order valence-corrected chi connectivity index (χ1v) is 6.49. The predicted octanol–water partition coefficient (Wildman–Crippen LogP) is 3.00. The molecule has 0 aromatic carbocycles. The minimum absolute atomic E-state index is 0.279. The average Bonchev–Trinajstić information content (AvgIpc) is 2.89. The van der Waals surface area contributed by atoms with Gasteiger partial charge in [-0.05, 0) is 45.0 Å². The molecule has 1 aliphatic heterocycles. The van der Waals surface area contributed by atoms with Gasteiger partial charge in [0.1, 0.15) is 11.5 Å². The first kappa shape index (κ1) is 14.1. The maximum absolute atomic E-state index is 12.5. The first-order chi connectivity index (χ1) is 8.97. The highest BCUT2D eigenvalue weighted by atomic mass is 19.4. The highest BCUT2D eigenvalue weighted by Crippen LogP contribution is 2.28. The molecule has 1 atom stereocenters. The van der Waals surface area contributed by atoms with Crippen LogP contribution in [0.2, 0.25) is 0 Å². The standard InChI is InChI=1S/C13H18F3N3/c1-10(19-7-2-3-8-19)9-17-12-6-4-5-11(18-12)13(14,15)16/h4-6,10H,2-3,7-9H2,1H3,(H,17,18). The smallest absolute Gasteiger partial charge is 0.368 e. The van der Waals surface area contributed by atoms with E-state index in [1.807, 2.05) is 0 Å². The van der Waals surface area contributed by atoms with Crippen molar-refractivity contribution in [2.45, 2.75) is 32.0 Å². The number of nitrogens with one attached hydrogen (secondary N) is 1. The first-order valence-electron chi connectivity index (χ1n) is 6.49. The molecule has 0 bridgehead atoms. The number of rotatable bonds is 4. The second-order valence-electron chi connectivity index (χ2n) is 4.88. The van der Waals surface area contributed by atoms with E-state index in [-0.39, 0.29) is 5.82 Å². The van der Waals surface area contributed by atoms with Crippen molar-refractivity contribution in [3.05, 3.63) is 23.9 Å². The fourth-order valence-corrected chi connectivity index (χ4v) is 2.25. The number of pyridine rings is 1. The molecule has 0 saturated carbocycles. The Morgan fingerprint density at radius 1 is 1.32 bits per heavy atom. The van der Waals surface area contributed by atoms with E-state index in [1.165, 1.54) is 18.9 Å². The molecular formula is C13H18F3N3. The lowest BCUT2D eigenvalue weighted by Gasteiger charge is -2.24. The van der Waals surface area contributed by atoms with E-state index in [1.54, 1.807) is 6.07 Å². The fourth-order valence-electron chi connectivity index (χ4n) is 2.25. The number of hydrogen-bond donors (Lipinski definition) is 1. The van der Waals surface area contributed by atoms with Crippen LogP contribution in [-0.2, 0) is 6.18 Å². The quantitative estimate of drug-likeness (QED) is 0.914. The maximum atomic E-state index is 12.5. The highest BCUT2D eigenvalue weighted by Gasteiger charge is 2.32. The third-order valence-electron chi connectivity index (χ3n) is 3.38. The molecule has 1 unspecified atom stereocenters. The van der Waals surface area contributed by atoms with E-state index in [0.717, 1.165) is 19.2 Å². The summed E-state index contributed by atoms with van der Waals surface area (Å²) in [6.45, 7) is 4.82. The molecule has 0 aliphatic carbocycles. The Bertz CT molecular complexity index is 414. The Morgan fingerprint density at radius 3 is 2.63 bits per heavy atom. The summed E-state index contributed by atoms with van der Waals surface area (Å²) in [6, 6.07) is 4.22. The van der Waals surface area contributed by atoms with Crippen LogP contribution < -0.4 is 5.32 Å². The molecule has 0 radical (unpaired) electrons. The molecule has 1 aromatic rings. The largest absolute Gasteiger partial charge is 0.433 e. The summed E-state index contributed by atoms with van der Waals surface area (Å²) in [5, 5.41) is 2.98. The highest BCUT2D eigenvalue weighted by molar-refractivity contribution is 5.36. The summed E-state index contributed by atoms with van der Waals surface area (Å²) in [4.78, 5) is 5.92. The second-order valence-corrected chi connectivity index (χ2v) is 4.88. The van der Waals surface area contributed by atoms with Gasteiger partial charge in [0, 0.05) is 12.6 Å². The summed E-state index contributed by atoms with van der Waals surface area (Å²) in [5.41, 5.74) is -0.855. The van der Waals surface area contributed by atoms with Crippen LogP contribution in [0.3, 0.4) is 0 Å². The van der Waals surface area contributed by atoms with Gasteiger partial charge in [0.25, 0.3) is 0 Å². The van der Waals surface area contributed by atoms with E-state index in [4.69, 9.17) is 0 Å². The molecule has 0 spiro atoms. The van der Waals surface area contributed by atoms with Gasteiger partial charge < -0.3 is 5.32 Å². The zero-order valence-corrected chi connectivity index (χ0v) is 10.9. The molecule has 1 aromatic heterocycles. The number of aromatic nitrogens is 1. The minimum atomic E-state index is -4.39. The molecule has 1 N–H and O–H groups in total. The van der Waals surface area contributed by atoms with Gasteiger partial charge in [-0.25, -0.2) is 4.98 Å². The summed E-state index contributed by atoms with van der Waals surface area (Å²) < 4.78 is 37.5. The summed E-state index contributed by atoms with van der Waals surface area (Å²) in [5.74, 6) is 0.279. The van der Waals surface area contributed by atoms with Gasteiger partial charge in [-0.1, -0.05) is 6.07 Å². The number of nitrogens with zero attached hydrogens (tertiary/aromatic N) is 2. The molecule has 6 heteroatoms. The second kappa shape index (κ2) is 5.77. The Balaban J connectivity index is 1.92. The van der Waals surface area contributed by atoms with E-state index in [2.05, 4.69) is 22.1 Å².